The summed E-state index contributed by atoms with van der Waals surface area (Å²) in [7, 11) is 0. The summed E-state index contributed by atoms with van der Waals surface area (Å²) in [6.45, 7) is 3.38. The van der Waals surface area contributed by atoms with Gasteiger partial charge in [0.25, 0.3) is 5.91 Å². The van der Waals surface area contributed by atoms with Crippen LogP contribution in [0.1, 0.15) is 16.9 Å². The highest BCUT2D eigenvalue weighted by Gasteiger charge is 2.21. The smallest absolute Gasteiger partial charge is 0.275 e. The molecule has 1 aliphatic rings. The Kier molecular flexibility index (Phi) is 2.98. The molecule has 1 aliphatic heterocycles. The van der Waals surface area contributed by atoms with Gasteiger partial charge in [-0.1, -0.05) is 18.2 Å². The van der Waals surface area contributed by atoms with Crippen molar-refractivity contribution in [3.8, 4) is 0 Å². The average Bonchev–Trinajstić information content (AvgIpc) is 2.65. The van der Waals surface area contributed by atoms with Crippen LogP contribution in [-0.4, -0.2) is 47.2 Å². The Labute approximate surface area is 105 Å². The van der Waals surface area contributed by atoms with Crippen LogP contribution in [0.3, 0.4) is 0 Å². The summed E-state index contributed by atoms with van der Waals surface area (Å²) in [6, 6.07) is 7.73. The SMILES string of the molecule is O=C(c1n[nH]c2ccccc12)N1CCCNCC1. The number of benzene rings is 1. The third-order valence-electron chi connectivity index (χ3n) is 3.30. The van der Waals surface area contributed by atoms with Crippen molar-refractivity contribution in [1.82, 2.24) is 20.4 Å². The van der Waals surface area contributed by atoms with Gasteiger partial charge in [-0.3, -0.25) is 9.89 Å². The van der Waals surface area contributed by atoms with Gasteiger partial charge >= 0.3 is 0 Å². The monoisotopic (exact) mass is 244 g/mol. The van der Waals surface area contributed by atoms with Gasteiger partial charge in [-0.15, -0.1) is 0 Å². The molecule has 0 bridgehead atoms. The van der Waals surface area contributed by atoms with Gasteiger partial charge in [0.05, 0.1) is 5.52 Å². The zero-order valence-electron chi connectivity index (χ0n) is 10.1. The number of nitrogens with one attached hydrogen (secondary N) is 2. The Balaban J connectivity index is 1.91. The van der Waals surface area contributed by atoms with Crippen LogP contribution in [0.2, 0.25) is 0 Å². The number of amides is 1. The van der Waals surface area contributed by atoms with Crippen LogP contribution in [-0.2, 0) is 0 Å². The van der Waals surface area contributed by atoms with Gasteiger partial charge in [-0.05, 0) is 19.0 Å². The molecule has 1 aromatic heterocycles. The molecule has 5 heteroatoms. The second-order valence-electron chi connectivity index (χ2n) is 4.51. The molecule has 2 heterocycles. The van der Waals surface area contributed by atoms with Crippen LogP contribution in [0, 0.1) is 0 Å². The van der Waals surface area contributed by atoms with Crippen LogP contribution in [0.5, 0.6) is 0 Å². The zero-order chi connectivity index (χ0) is 12.4. The van der Waals surface area contributed by atoms with Crippen LogP contribution in [0.25, 0.3) is 10.9 Å². The molecule has 0 atom stereocenters. The molecule has 94 valence electrons. The maximum atomic E-state index is 12.4. The predicted molar refractivity (Wildman–Crippen MR) is 69.5 cm³/mol. The van der Waals surface area contributed by atoms with Crippen LogP contribution in [0.4, 0.5) is 0 Å². The molecule has 0 saturated carbocycles. The molecular formula is C13H16N4O. The second-order valence-corrected chi connectivity index (χ2v) is 4.51. The van der Waals surface area contributed by atoms with Crippen LogP contribution >= 0.6 is 0 Å². The van der Waals surface area contributed by atoms with Crippen molar-refractivity contribution in [3.63, 3.8) is 0 Å². The van der Waals surface area contributed by atoms with Gasteiger partial charge in [0.1, 0.15) is 0 Å². The number of carbonyl (C=O) groups is 1. The maximum absolute atomic E-state index is 12.4. The van der Waals surface area contributed by atoms with E-state index < -0.39 is 0 Å². The van der Waals surface area contributed by atoms with E-state index in [0.29, 0.717) is 5.69 Å². The normalized spacial score (nSPS) is 16.8. The first-order chi connectivity index (χ1) is 8.86. The molecular weight excluding hydrogens is 228 g/mol. The number of fused-ring (bicyclic) bond motifs is 1. The number of carbonyl (C=O) groups excluding carboxylic acids is 1. The molecule has 0 spiro atoms. The van der Waals surface area contributed by atoms with E-state index in [-0.39, 0.29) is 5.91 Å². The number of hydrogen-bond donors (Lipinski definition) is 2. The fraction of sp³-hybridized carbons (Fsp3) is 0.385. The third kappa shape index (κ3) is 1.97. The molecule has 3 rings (SSSR count). The Morgan fingerprint density at radius 1 is 1.22 bits per heavy atom. The van der Waals surface area contributed by atoms with Crippen molar-refractivity contribution in [2.24, 2.45) is 0 Å². The van der Waals surface area contributed by atoms with E-state index in [1.807, 2.05) is 29.2 Å². The first-order valence-electron chi connectivity index (χ1n) is 6.29. The summed E-state index contributed by atoms with van der Waals surface area (Å²) < 4.78 is 0. The number of hydrogen-bond acceptors (Lipinski definition) is 3. The van der Waals surface area contributed by atoms with E-state index in [1.54, 1.807) is 0 Å². The van der Waals surface area contributed by atoms with Crippen molar-refractivity contribution in [3.05, 3.63) is 30.0 Å². The maximum Gasteiger partial charge on any atom is 0.275 e. The lowest BCUT2D eigenvalue weighted by Gasteiger charge is -2.18. The Morgan fingerprint density at radius 2 is 2.11 bits per heavy atom. The lowest BCUT2D eigenvalue weighted by Crippen LogP contribution is -2.34. The highest BCUT2D eigenvalue weighted by molar-refractivity contribution is 6.04. The third-order valence-corrected chi connectivity index (χ3v) is 3.30. The first-order valence-corrected chi connectivity index (χ1v) is 6.29. The minimum atomic E-state index is 0.0242. The van der Waals surface area contributed by atoms with Crippen LogP contribution < -0.4 is 5.32 Å². The Hall–Kier alpha value is -1.88. The molecule has 0 unspecified atom stereocenters. The van der Waals surface area contributed by atoms with Crippen LogP contribution in [0.15, 0.2) is 24.3 Å². The van der Waals surface area contributed by atoms with Crippen molar-refractivity contribution in [1.29, 1.82) is 0 Å². The molecule has 1 amide bonds. The van der Waals surface area contributed by atoms with E-state index in [9.17, 15) is 4.79 Å². The summed E-state index contributed by atoms with van der Waals surface area (Å²) in [5.41, 5.74) is 1.45. The molecule has 5 nitrogen and oxygen atoms in total. The van der Waals surface area contributed by atoms with Gasteiger partial charge < -0.3 is 10.2 Å². The molecule has 1 saturated heterocycles. The van der Waals surface area contributed by atoms with Crippen molar-refractivity contribution in [2.45, 2.75) is 6.42 Å². The van der Waals surface area contributed by atoms with E-state index >= 15 is 0 Å². The summed E-state index contributed by atoms with van der Waals surface area (Å²) in [5.74, 6) is 0.0242. The zero-order valence-corrected chi connectivity index (χ0v) is 10.1. The molecule has 1 aromatic carbocycles. The number of nitrogens with zero attached hydrogens (tertiary/aromatic N) is 2. The van der Waals surface area contributed by atoms with Gasteiger partial charge in [-0.25, -0.2) is 0 Å². The number of aromatic amines is 1. The Bertz CT molecular complexity index is 555. The number of aromatic nitrogens is 2. The highest BCUT2D eigenvalue weighted by atomic mass is 16.2. The van der Waals surface area contributed by atoms with Crippen molar-refractivity contribution in [2.75, 3.05) is 26.2 Å². The van der Waals surface area contributed by atoms with E-state index in [2.05, 4.69) is 15.5 Å². The number of rotatable bonds is 1. The lowest BCUT2D eigenvalue weighted by atomic mass is 10.2. The van der Waals surface area contributed by atoms with E-state index in [4.69, 9.17) is 0 Å². The quantitative estimate of drug-likeness (QED) is 0.786. The molecule has 2 aromatic rings. The second kappa shape index (κ2) is 4.78. The fourth-order valence-corrected chi connectivity index (χ4v) is 2.33. The average molecular weight is 244 g/mol. The van der Waals surface area contributed by atoms with Gasteiger partial charge in [0.15, 0.2) is 5.69 Å². The lowest BCUT2D eigenvalue weighted by molar-refractivity contribution is 0.0762. The van der Waals surface area contributed by atoms with Crippen molar-refractivity contribution >= 4 is 16.8 Å². The van der Waals surface area contributed by atoms with Gasteiger partial charge in [-0.2, -0.15) is 5.10 Å². The van der Waals surface area contributed by atoms with Gasteiger partial charge in [0.2, 0.25) is 0 Å². The predicted octanol–water partition coefficient (Wildman–Crippen LogP) is 0.998. The minimum absolute atomic E-state index is 0.0242. The summed E-state index contributed by atoms with van der Waals surface area (Å²) in [4.78, 5) is 14.3. The van der Waals surface area contributed by atoms with Crippen molar-refractivity contribution < 1.29 is 4.79 Å². The van der Waals surface area contributed by atoms with Gasteiger partial charge in [0, 0.05) is 25.0 Å². The summed E-state index contributed by atoms with van der Waals surface area (Å²) >= 11 is 0. The largest absolute Gasteiger partial charge is 0.336 e. The Morgan fingerprint density at radius 3 is 3.06 bits per heavy atom. The molecule has 1 fully saturated rings. The molecule has 2 N–H and O–H groups in total. The molecule has 0 radical (unpaired) electrons. The van der Waals surface area contributed by atoms with E-state index in [1.165, 1.54) is 0 Å². The standard InChI is InChI=1S/C13H16N4O/c18-13(17-8-3-6-14-7-9-17)12-10-4-1-2-5-11(10)15-16-12/h1-2,4-5,14H,3,6-9H2,(H,15,16). The molecule has 18 heavy (non-hydrogen) atoms. The summed E-state index contributed by atoms with van der Waals surface area (Å²) in [6.07, 6.45) is 0.994. The number of H-pyrrole nitrogens is 1. The van der Waals surface area contributed by atoms with E-state index in [0.717, 1.165) is 43.5 Å². The highest BCUT2D eigenvalue weighted by Crippen LogP contribution is 2.17. The first kappa shape index (κ1) is 11.2. The number of para-hydroxylation sites is 1. The fourth-order valence-electron chi connectivity index (χ4n) is 2.33. The minimum Gasteiger partial charge on any atom is -0.336 e. The summed E-state index contributed by atoms with van der Waals surface area (Å²) in [5, 5.41) is 11.3. The topological polar surface area (TPSA) is 61.0 Å². The molecule has 0 aliphatic carbocycles.